The summed E-state index contributed by atoms with van der Waals surface area (Å²) in [6, 6.07) is 7.70. The van der Waals surface area contributed by atoms with E-state index in [-0.39, 0.29) is 6.54 Å². The molecule has 5 heteroatoms. The summed E-state index contributed by atoms with van der Waals surface area (Å²) in [4.78, 5) is 2.64. The van der Waals surface area contributed by atoms with Gasteiger partial charge in [0.2, 0.25) is 0 Å². The molecular formula is C15H23N3O2. The smallest absolute Gasteiger partial charge is 0.119 e. The van der Waals surface area contributed by atoms with Crippen molar-refractivity contribution in [1.29, 1.82) is 0 Å². The number of hydrogen-bond acceptors (Lipinski definition) is 3. The Morgan fingerprint density at radius 1 is 1.35 bits per heavy atom. The van der Waals surface area contributed by atoms with Gasteiger partial charge >= 0.3 is 0 Å². The highest BCUT2D eigenvalue weighted by molar-refractivity contribution is 5.29. The average Bonchev–Trinajstić information content (AvgIpc) is 2.46. The van der Waals surface area contributed by atoms with Gasteiger partial charge in [-0.15, -0.1) is 0 Å². The van der Waals surface area contributed by atoms with Crippen molar-refractivity contribution < 1.29 is 9.84 Å². The van der Waals surface area contributed by atoms with Crippen LogP contribution in [-0.2, 0) is 6.42 Å². The molecule has 110 valence electrons. The Morgan fingerprint density at radius 3 is 2.75 bits per heavy atom. The summed E-state index contributed by atoms with van der Waals surface area (Å²) in [5.74, 6) is 1.40. The molecule has 1 rings (SSSR count). The van der Waals surface area contributed by atoms with Crippen LogP contribution in [0.2, 0.25) is 0 Å². The zero-order chi connectivity index (χ0) is 14.8. The van der Waals surface area contributed by atoms with Crippen LogP contribution in [0.15, 0.2) is 29.4 Å². The summed E-state index contributed by atoms with van der Waals surface area (Å²) < 4.78 is 5.79. The van der Waals surface area contributed by atoms with Gasteiger partial charge in [0.05, 0.1) is 19.3 Å². The molecule has 1 aromatic carbocycles. The van der Waals surface area contributed by atoms with Gasteiger partial charge in [0.15, 0.2) is 0 Å². The summed E-state index contributed by atoms with van der Waals surface area (Å²) >= 11 is 0. The number of hydrogen-bond donors (Lipinski definition) is 1. The van der Waals surface area contributed by atoms with Crippen molar-refractivity contribution >= 4 is 0 Å². The quantitative estimate of drug-likeness (QED) is 0.424. The number of nitrogens with zero attached hydrogens (tertiary/aromatic N) is 3. The van der Waals surface area contributed by atoms with Crippen LogP contribution in [0.4, 0.5) is 0 Å². The van der Waals surface area contributed by atoms with E-state index in [4.69, 9.17) is 10.3 Å². The molecule has 0 spiro atoms. The van der Waals surface area contributed by atoms with Gasteiger partial charge < -0.3 is 9.84 Å². The molecule has 0 aliphatic carbocycles. The highest BCUT2D eigenvalue weighted by Gasteiger charge is 2.07. The Balaban J connectivity index is 2.54. The first kappa shape index (κ1) is 16.3. The minimum Gasteiger partial charge on any atom is -0.493 e. The van der Waals surface area contributed by atoms with Crippen LogP contribution in [0.1, 0.15) is 32.3 Å². The van der Waals surface area contributed by atoms with E-state index in [1.165, 1.54) is 0 Å². The zero-order valence-electron chi connectivity index (χ0n) is 12.2. The second-order valence-electron chi connectivity index (χ2n) is 4.91. The summed E-state index contributed by atoms with van der Waals surface area (Å²) in [6.45, 7) is 5.15. The van der Waals surface area contributed by atoms with E-state index in [0.29, 0.717) is 12.3 Å². The Morgan fingerprint density at radius 2 is 2.10 bits per heavy atom. The normalized spacial score (nSPS) is 12.0. The number of rotatable bonds is 9. The first-order valence-electron chi connectivity index (χ1n) is 7.10. The predicted molar refractivity (Wildman–Crippen MR) is 79.7 cm³/mol. The lowest BCUT2D eigenvalue weighted by Crippen LogP contribution is -2.14. The summed E-state index contributed by atoms with van der Waals surface area (Å²) in [5.41, 5.74) is 9.20. The lowest BCUT2D eigenvalue weighted by molar-refractivity contribution is 0.183. The van der Waals surface area contributed by atoms with Gasteiger partial charge in [-0.2, -0.15) is 0 Å². The molecule has 0 aliphatic rings. The van der Waals surface area contributed by atoms with E-state index in [1.54, 1.807) is 0 Å². The molecule has 1 atom stereocenters. The maximum atomic E-state index is 9.71. The zero-order valence-corrected chi connectivity index (χ0v) is 12.2. The minimum absolute atomic E-state index is 0.0926. The standard InChI is InChI=1S/C15H23N3O2/c1-3-12(4-2)11-20-15-7-5-6-13(9-15)8-14(19)10-17-18-16/h5-7,9,12,14,19H,3-4,8,10-11H2,1-2H3. The number of aliphatic hydroxyl groups excluding tert-OH is 1. The summed E-state index contributed by atoms with van der Waals surface area (Å²) in [5, 5.41) is 13.1. The monoisotopic (exact) mass is 277 g/mol. The van der Waals surface area contributed by atoms with E-state index in [2.05, 4.69) is 23.9 Å². The van der Waals surface area contributed by atoms with Crippen LogP contribution in [-0.4, -0.2) is 24.4 Å². The van der Waals surface area contributed by atoms with Gasteiger partial charge in [-0.3, -0.25) is 0 Å². The maximum Gasteiger partial charge on any atom is 0.119 e. The molecule has 0 radical (unpaired) electrons. The molecule has 20 heavy (non-hydrogen) atoms. The second-order valence-corrected chi connectivity index (χ2v) is 4.91. The Bertz CT molecular complexity index is 440. The molecule has 0 heterocycles. The van der Waals surface area contributed by atoms with Crippen molar-refractivity contribution in [2.24, 2.45) is 11.0 Å². The first-order chi connectivity index (χ1) is 9.69. The Labute approximate surface area is 120 Å². The SMILES string of the molecule is CCC(CC)COc1cccc(CC(O)CN=[N+]=[N-])c1. The van der Waals surface area contributed by atoms with Crippen LogP contribution in [0.5, 0.6) is 5.75 Å². The molecule has 0 aliphatic heterocycles. The number of benzene rings is 1. The molecule has 1 aromatic rings. The minimum atomic E-state index is -0.653. The number of aliphatic hydroxyl groups is 1. The first-order valence-corrected chi connectivity index (χ1v) is 7.10. The van der Waals surface area contributed by atoms with Crippen LogP contribution < -0.4 is 4.74 Å². The number of azide groups is 1. The molecule has 0 saturated carbocycles. The van der Waals surface area contributed by atoms with Crippen LogP contribution in [0.3, 0.4) is 0 Å². The fourth-order valence-electron chi connectivity index (χ4n) is 1.97. The third-order valence-electron chi connectivity index (χ3n) is 3.37. The summed E-state index contributed by atoms with van der Waals surface area (Å²) in [6.07, 6.45) is 2.03. The molecular weight excluding hydrogens is 254 g/mol. The molecule has 1 N–H and O–H groups in total. The van der Waals surface area contributed by atoms with E-state index < -0.39 is 6.10 Å². The predicted octanol–water partition coefficient (Wildman–Crippen LogP) is 3.72. The molecule has 1 unspecified atom stereocenters. The average molecular weight is 277 g/mol. The lowest BCUT2D eigenvalue weighted by atomic mass is 10.1. The van der Waals surface area contributed by atoms with Crippen molar-refractivity contribution in [3.63, 3.8) is 0 Å². The maximum absolute atomic E-state index is 9.71. The molecule has 0 saturated heterocycles. The van der Waals surface area contributed by atoms with Crippen molar-refractivity contribution in [2.45, 2.75) is 39.2 Å². The molecule has 5 nitrogen and oxygen atoms in total. The second kappa shape index (κ2) is 9.23. The molecule has 0 bridgehead atoms. The van der Waals surface area contributed by atoms with Crippen molar-refractivity contribution in [3.8, 4) is 5.75 Å². The van der Waals surface area contributed by atoms with Crippen LogP contribution >= 0.6 is 0 Å². The van der Waals surface area contributed by atoms with Crippen LogP contribution in [0.25, 0.3) is 10.4 Å². The van der Waals surface area contributed by atoms with Gasteiger partial charge in [-0.25, -0.2) is 0 Å². The lowest BCUT2D eigenvalue weighted by Gasteiger charge is -2.15. The fraction of sp³-hybridized carbons (Fsp3) is 0.600. The van der Waals surface area contributed by atoms with Gasteiger partial charge in [-0.05, 0) is 35.6 Å². The van der Waals surface area contributed by atoms with Crippen molar-refractivity contribution in [3.05, 3.63) is 40.3 Å². The van der Waals surface area contributed by atoms with E-state index in [9.17, 15) is 5.11 Å². The van der Waals surface area contributed by atoms with Gasteiger partial charge in [-0.1, -0.05) is 43.9 Å². The highest BCUT2D eigenvalue weighted by Crippen LogP contribution is 2.17. The van der Waals surface area contributed by atoms with Crippen LogP contribution in [0, 0.1) is 5.92 Å². The van der Waals surface area contributed by atoms with E-state index in [1.807, 2.05) is 24.3 Å². The van der Waals surface area contributed by atoms with Gasteiger partial charge in [0, 0.05) is 4.91 Å². The van der Waals surface area contributed by atoms with Crippen molar-refractivity contribution in [2.75, 3.05) is 13.2 Å². The highest BCUT2D eigenvalue weighted by atomic mass is 16.5. The Kier molecular flexibility index (Phi) is 7.55. The molecule has 0 fully saturated rings. The number of ether oxygens (including phenoxy) is 1. The topological polar surface area (TPSA) is 78.2 Å². The fourth-order valence-corrected chi connectivity index (χ4v) is 1.97. The largest absolute Gasteiger partial charge is 0.493 e. The van der Waals surface area contributed by atoms with E-state index in [0.717, 1.165) is 30.8 Å². The molecule has 0 amide bonds. The molecule has 0 aromatic heterocycles. The van der Waals surface area contributed by atoms with Gasteiger partial charge in [0.25, 0.3) is 0 Å². The summed E-state index contributed by atoms with van der Waals surface area (Å²) in [7, 11) is 0. The Hall–Kier alpha value is -1.71. The third kappa shape index (κ3) is 5.95. The van der Waals surface area contributed by atoms with Crippen molar-refractivity contribution in [1.82, 2.24) is 0 Å². The van der Waals surface area contributed by atoms with Gasteiger partial charge in [0.1, 0.15) is 5.75 Å². The third-order valence-corrected chi connectivity index (χ3v) is 3.37. The van der Waals surface area contributed by atoms with E-state index >= 15 is 0 Å².